The van der Waals surface area contributed by atoms with E-state index >= 15 is 0 Å². The van der Waals surface area contributed by atoms with Crippen molar-refractivity contribution in [1.82, 2.24) is 5.32 Å². The molecule has 1 unspecified atom stereocenters. The van der Waals surface area contributed by atoms with Gasteiger partial charge in [-0.1, -0.05) is 12.1 Å². The molecule has 0 spiro atoms. The number of Topliss-reactive ketones (excluding diaryl/α,β-unsaturated/α-hetero) is 1. The first-order valence-electron chi connectivity index (χ1n) is 6.48. The number of benzene rings is 1. The molecule has 1 aromatic carbocycles. The fourth-order valence-electron chi connectivity index (χ4n) is 2.66. The predicted molar refractivity (Wildman–Crippen MR) is 67.8 cm³/mol. The Labute approximate surface area is 119 Å². The Morgan fingerprint density at radius 3 is 2.29 bits per heavy atom. The number of ketones is 1. The maximum absolute atomic E-state index is 12.6. The Bertz CT molecular complexity index is 554. The summed E-state index contributed by atoms with van der Waals surface area (Å²) in [5.74, 6) is -0.309. The summed E-state index contributed by atoms with van der Waals surface area (Å²) < 4.78 is 37.7. The van der Waals surface area contributed by atoms with Crippen LogP contribution in [0.2, 0.25) is 0 Å². The van der Waals surface area contributed by atoms with E-state index in [1.807, 2.05) is 0 Å². The summed E-state index contributed by atoms with van der Waals surface area (Å²) in [6.45, 7) is 0. The second-order valence-electron chi connectivity index (χ2n) is 5.04. The molecule has 2 N–H and O–H groups in total. The SMILES string of the molecule is O=C(O)NC1(c2ccc(C(F)(F)F)cc2)CCCCC1=O. The zero-order valence-electron chi connectivity index (χ0n) is 11.0. The fourth-order valence-corrected chi connectivity index (χ4v) is 2.66. The molecule has 2 rings (SSSR count). The highest BCUT2D eigenvalue weighted by atomic mass is 19.4. The van der Waals surface area contributed by atoms with Crippen LogP contribution in [0.4, 0.5) is 18.0 Å². The van der Waals surface area contributed by atoms with Gasteiger partial charge >= 0.3 is 12.3 Å². The molecule has 0 aliphatic heterocycles. The number of carbonyl (C=O) groups is 2. The van der Waals surface area contributed by atoms with Gasteiger partial charge in [0.25, 0.3) is 0 Å². The fraction of sp³-hybridized carbons (Fsp3) is 0.429. The van der Waals surface area contributed by atoms with Crippen molar-refractivity contribution in [2.75, 3.05) is 0 Å². The Morgan fingerprint density at radius 2 is 1.81 bits per heavy atom. The average Bonchev–Trinajstić information content (AvgIpc) is 2.40. The normalized spacial score (nSPS) is 22.9. The lowest BCUT2D eigenvalue weighted by Crippen LogP contribution is -2.52. The lowest BCUT2D eigenvalue weighted by atomic mass is 9.75. The Hall–Kier alpha value is -2.05. The molecule has 0 aromatic heterocycles. The standard InChI is InChI=1S/C14H14F3NO3/c15-14(16,17)10-6-4-9(5-7-10)13(18-12(20)21)8-2-1-3-11(13)19/h4-7,18H,1-3,8H2,(H,20,21). The lowest BCUT2D eigenvalue weighted by molar-refractivity contribution is -0.137. The van der Waals surface area contributed by atoms with Crippen LogP contribution < -0.4 is 5.32 Å². The summed E-state index contributed by atoms with van der Waals surface area (Å²) in [6, 6.07) is 4.06. The zero-order valence-corrected chi connectivity index (χ0v) is 11.0. The van der Waals surface area contributed by atoms with Crippen LogP contribution in [-0.2, 0) is 16.5 Å². The van der Waals surface area contributed by atoms with Gasteiger partial charge in [-0.2, -0.15) is 13.2 Å². The highest BCUT2D eigenvalue weighted by Gasteiger charge is 2.43. The number of halogens is 3. The van der Waals surface area contributed by atoms with Crippen LogP contribution >= 0.6 is 0 Å². The summed E-state index contributed by atoms with van der Waals surface area (Å²) in [5.41, 5.74) is -2.02. The molecule has 0 bridgehead atoms. The number of carboxylic acid groups (broad SMARTS) is 1. The molecule has 1 fully saturated rings. The predicted octanol–water partition coefficient (Wildman–Crippen LogP) is 3.31. The molecule has 21 heavy (non-hydrogen) atoms. The van der Waals surface area contributed by atoms with E-state index in [-0.39, 0.29) is 24.2 Å². The zero-order chi connectivity index (χ0) is 15.7. The monoisotopic (exact) mass is 301 g/mol. The Kier molecular flexibility index (Phi) is 3.93. The van der Waals surface area contributed by atoms with Gasteiger partial charge in [0.05, 0.1) is 5.56 Å². The number of amides is 1. The number of hydrogen-bond donors (Lipinski definition) is 2. The first-order chi connectivity index (χ1) is 9.75. The molecule has 114 valence electrons. The number of nitrogens with one attached hydrogen (secondary N) is 1. The lowest BCUT2D eigenvalue weighted by Gasteiger charge is -2.36. The van der Waals surface area contributed by atoms with Crippen molar-refractivity contribution in [3.63, 3.8) is 0 Å². The van der Waals surface area contributed by atoms with Gasteiger partial charge in [0.15, 0.2) is 5.78 Å². The maximum atomic E-state index is 12.6. The van der Waals surface area contributed by atoms with Gasteiger partial charge in [0, 0.05) is 6.42 Å². The van der Waals surface area contributed by atoms with Crippen molar-refractivity contribution in [3.05, 3.63) is 35.4 Å². The molecule has 0 heterocycles. The van der Waals surface area contributed by atoms with Gasteiger partial charge in [-0.25, -0.2) is 4.79 Å². The Balaban J connectivity index is 2.42. The third-order valence-corrected chi connectivity index (χ3v) is 3.71. The molecular weight excluding hydrogens is 287 g/mol. The topological polar surface area (TPSA) is 66.4 Å². The molecule has 1 aliphatic rings. The molecule has 1 saturated carbocycles. The van der Waals surface area contributed by atoms with E-state index in [9.17, 15) is 22.8 Å². The van der Waals surface area contributed by atoms with Gasteiger partial charge in [-0.3, -0.25) is 4.79 Å². The number of alkyl halides is 3. The highest BCUT2D eigenvalue weighted by Crippen LogP contribution is 2.36. The first kappa shape index (κ1) is 15.3. The van der Waals surface area contributed by atoms with Crippen molar-refractivity contribution >= 4 is 11.9 Å². The van der Waals surface area contributed by atoms with Gasteiger partial charge in [0.1, 0.15) is 5.54 Å². The van der Waals surface area contributed by atoms with E-state index in [0.717, 1.165) is 12.1 Å². The quantitative estimate of drug-likeness (QED) is 0.880. The highest BCUT2D eigenvalue weighted by molar-refractivity contribution is 5.93. The van der Waals surface area contributed by atoms with E-state index in [1.165, 1.54) is 12.1 Å². The maximum Gasteiger partial charge on any atom is 0.416 e. The summed E-state index contributed by atoms with van der Waals surface area (Å²) in [4.78, 5) is 23.2. The summed E-state index contributed by atoms with van der Waals surface area (Å²) in [7, 11) is 0. The molecule has 1 atom stereocenters. The molecule has 1 amide bonds. The van der Waals surface area contributed by atoms with Gasteiger partial charge < -0.3 is 10.4 Å². The number of hydrogen-bond acceptors (Lipinski definition) is 2. The third kappa shape index (κ3) is 3.01. The van der Waals surface area contributed by atoms with Crippen molar-refractivity contribution < 1.29 is 27.9 Å². The molecule has 1 aliphatic carbocycles. The average molecular weight is 301 g/mol. The first-order valence-corrected chi connectivity index (χ1v) is 6.48. The second-order valence-corrected chi connectivity index (χ2v) is 5.04. The molecule has 7 heteroatoms. The van der Waals surface area contributed by atoms with Crippen LogP contribution in [0, 0.1) is 0 Å². The van der Waals surface area contributed by atoms with Crippen LogP contribution in [0.25, 0.3) is 0 Å². The summed E-state index contributed by atoms with van der Waals surface area (Å²) in [5, 5.41) is 11.2. The number of carbonyl (C=O) groups excluding carboxylic acids is 1. The molecule has 4 nitrogen and oxygen atoms in total. The van der Waals surface area contributed by atoms with E-state index < -0.39 is 23.4 Å². The van der Waals surface area contributed by atoms with E-state index in [0.29, 0.717) is 12.8 Å². The van der Waals surface area contributed by atoms with E-state index in [2.05, 4.69) is 5.32 Å². The summed E-state index contributed by atoms with van der Waals surface area (Å²) in [6.07, 6.45) is -4.09. The minimum Gasteiger partial charge on any atom is -0.465 e. The van der Waals surface area contributed by atoms with Crippen LogP contribution in [-0.4, -0.2) is 17.0 Å². The minimum atomic E-state index is -4.47. The van der Waals surface area contributed by atoms with Crippen molar-refractivity contribution in [3.8, 4) is 0 Å². The number of rotatable bonds is 2. The van der Waals surface area contributed by atoms with E-state index in [4.69, 9.17) is 5.11 Å². The third-order valence-electron chi connectivity index (χ3n) is 3.71. The smallest absolute Gasteiger partial charge is 0.416 e. The van der Waals surface area contributed by atoms with Crippen molar-refractivity contribution in [2.45, 2.75) is 37.4 Å². The van der Waals surface area contributed by atoms with Gasteiger partial charge in [-0.15, -0.1) is 0 Å². The van der Waals surface area contributed by atoms with Crippen molar-refractivity contribution in [2.24, 2.45) is 0 Å². The van der Waals surface area contributed by atoms with Gasteiger partial charge in [-0.05, 0) is 37.0 Å². The van der Waals surface area contributed by atoms with Gasteiger partial charge in [0.2, 0.25) is 0 Å². The second kappa shape index (κ2) is 5.38. The largest absolute Gasteiger partial charge is 0.465 e. The molecular formula is C14H14F3NO3. The molecule has 1 aromatic rings. The van der Waals surface area contributed by atoms with Crippen LogP contribution in [0.5, 0.6) is 0 Å². The Morgan fingerprint density at radius 1 is 1.19 bits per heavy atom. The van der Waals surface area contributed by atoms with Crippen LogP contribution in [0.15, 0.2) is 24.3 Å². The van der Waals surface area contributed by atoms with Crippen LogP contribution in [0.3, 0.4) is 0 Å². The van der Waals surface area contributed by atoms with Crippen LogP contribution in [0.1, 0.15) is 36.8 Å². The molecule has 0 saturated heterocycles. The summed E-state index contributed by atoms with van der Waals surface area (Å²) >= 11 is 0. The molecule has 0 radical (unpaired) electrons. The van der Waals surface area contributed by atoms with Crippen molar-refractivity contribution in [1.29, 1.82) is 0 Å². The minimum absolute atomic E-state index is 0.210. The van der Waals surface area contributed by atoms with E-state index in [1.54, 1.807) is 0 Å².